The molecule has 0 rings (SSSR count). The van der Waals surface area contributed by atoms with E-state index in [1.165, 1.54) is 0 Å². The van der Waals surface area contributed by atoms with E-state index in [1.54, 1.807) is 11.9 Å². The van der Waals surface area contributed by atoms with Gasteiger partial charge in [0.15, 0.2) is 0 Å². The summed E-state index contributed by atoms with van der Waals surface area (Å²) in [6.07, 6.45) is 0.899. The predicted molar refractivity (Wildman–Crippen MR) is 53.1 cm³/mol. The Balaban J connectivity index is 4.02. The van der Waals surface area contributed by atoms with E-state index in [4.69, 9.17) is 18.0 Å². The zero-order valence-corrected chi connectivity index (χ0v) is 8.28. The Labute approximate surface area is 78.1 Å². The van der Waals surface area contributed by atoms with Crippen LogP contribution < -0.4 is 11.1 Å². The molecule has 70 valence electrons. The molecule has 0 unspecified atom stereocenters. The molecule has 0 heterocycles. The highest BCUT2D eigenvalue weighted by molar-refractivity contribution is 7.80. The quantitative estimate of drug-likeness (QED) is 0.626. The van der Waals surface area contributed by atoms with Gasteiger partial charge >= 0.3 is 6.03 Å². The lowest BCUT2D eigenvalue weighted by Gasteiger charge is -2.20. The lowest BCUT2D eigenvalue weighted by Crippen LogP contribution is -2.42. The summed E-state index contributed by atoms with van der Waals surface area (Å²) in [5.41, 5.74) is 5.33. The maximum absolute atomic E-state index is 11.1. The van der Waals surface area contributed by atoms with Gasteiger partial charge in [-0.3, -0.25) is 0 Å². The fourth-order valence-electron chi connectivity index (χ4n) is 0.869. The molecular weight excluding hydrogens is 174 g/mol. The molecule has 0 aliphatic carbocycles. The number of nitrogens with zero attached hydrogens (tertiary/aromatic N) is 1. The first-order chi connectivity index (χ1) is 5.61. The second-order valence-electron chi connectivity index (χ2n) is 2.44. The van der Waals surface area contributed by atoms with Crippen LogP contribution in [-0.4, -0.2) is 36.1 Å². The molecule has 3 N–H and O–H groups in total. The van der Waals surface area contributed by atoms with Crippen molar-refractivity contribution in [3.63, 3.8) is 0 Å². The second kappa shape index (κ2) is 5.77. The van der Waals surface area contributed by atoms with Crippen LogP contribution in [0.15, 0.2) is 0 Å². The van der Waals surface area contributed by atoms with Gasteiger partial charge in [0.05, 0.1) is 11.5 Å². The number of thiocarbonyl (C=S) groups is 1. The Morgan fingerprint density at radius 1 is 1.67 bits per heavy atom. The largest absolute Gasteiger partial charge is 0.392 e. The van der Waals surface area contributed by atoms with Crippen LogP contribution in [0, 0.1) is 0 Å². The summed E-state index contributed by atoms with van der Waals surface area (Å²) in [5.74, 6) is 0. The lowest BCUT2D eigenvalue weighted by molar-refractivity contribution is 0.207. The Morgan fingerprint density at radius 3 is 2.58 bits per heavy atom. The van der Waals surface area contributed by atoms with Crippen LogP contribution in [0.3, 0.4) is 0 Å². The topological polar surface area (TPSA) is 58.4 Å². The third-order valence-corrected chi connectivity index (χ3v) is 1.47. The van der Waals surface area contributed by atoms with Crippen LogP contribution in [0.4, 0.5) is 4.79 Å². The monoisotopic (exact) mass is 189 g/mol. The Hall–Kier alpha value is -0.840. The fourth-order valence-corrected chi connectivity index (χ4v) is 1.02. The van der Waals surface area contributed by atoms with Crippen molar-refractivity contribution in [1.82, 2.24) is 10.2 Å². The lowest BCUT2D eigenvalue weighted by atomic mass is 10.4. The number of amides is 2. The Kier molecular flexibility index (Phi) is 5.36. The smallest absolute Gasteiger partial charge is 0.317 e. The number of nitrogens with one attached hydrogen (secondary N) is 1. The van der Waals surface area contributed by atoms with E-state index in [2.05, 4.69) is 5.32 Å². The molecule has 0 atom stereocenters. The zero-order chi connectivity index (χ0) is 9.56. The standard InChI is InChI=1S/C7H15N3OS/c1-3-4-10(5-6(8)12)7(11)9-2/h3-5H2,1-2H3,(H2,8,12)(H,9,11). The molecular formula is C7H15N3OS. The first kappa shape index (κ1) is 11.2. The average molecular weight is 189 g/mol. The normalized spacial score (nSPS) is 9.17. The predicted octanol–water partition coefficient (Wildman–Crippen LogP) is 0.324. The van der Waals surface area contributed by atoms with Crippen LogP contribution >= 0.6 is 12.2 Å². The van der Waals surface area contributed by atoms with Gasteiger partial charge in [0.2, 0.25) is 0 Å². The van der Waals surface area contributed by atoms with Gasteiger partial charge < -0.3 is 16.0 Å². The minimum atomic E-state index is -0.135. The summed E-state index contributed by atoms with van der Waals surface area (Å²) in [4.78, 5) is 13.1. The van der Waals surface area contributed by atoms with Gasteiger partial charge in [-0.05, 0) is 6.42 Å². The molecule has 0 aliphatic heterocycles. The molecule has 4 nitrogen and oxygen atoms in total. The summed E-state index contributed by atoms with van der Waals surface area (Å²) in [6.45, 7) is 3.02. The number of urea groups is 1. The molecule has 0 fully saturated rings. The minimum absolute atomic E-state index is 0.135. The van der Waals surface area contributed by atoms with Crippen molar-refractivity contribution in [3.05, 3.63) is 0 Å². The van der Waals surface area contributed by atoms with E-state index < -0.39 is 0 Å². The first-order valence-corrected chi connectivity index (χ1v) is 4.27. The van der Waals surface area contributed by atoms with Crippen molar-refractivity contribution in [3.8, 4) is 0 Å². The van der Waals surface area contributed by atoms with E-state index >= 15 is 0 Å². The molecule has 12 heavy (non-hydrogen) atoms. The summed E-state index contributed by atoms with van der Waals surface area (Å²) < 4.78 is 0. The van der Waals surface area contributed by atoms with Crippen molar-refractivity contribution >= 4 is 23.2 Å². The number of carbonyl (C=O) groups excluding carboxylic acids is 1. The van der Waals surface area contributed by atoms with Gasteiger partial charge in [-0.15, -0.1) is 0 Å². The Morgan fingerprint density at radius 2 is 2.25 bits per heavy atom. The van der Waals surface area contributed by atoms with Gasteiger partial charge in [0, 0.05) is 13.6 Å². The summed E-state index contributed by atoms with van der Waals surface area (Å²) >= 11 is 4.71. The maximum Gasteiger partial charge on any atom is 0.317 e. The molecule has 0 saturated carbocycles. The highest BCUT2D eigenvalue weighted by Crippen LogP contribution is 1.91. The van der Waals surface area contributed by atoms with Gasteiger partial charge in [-0.25, -0.2) is 4.79 Å². The Bertz CT molecular complexity index is 172. The first-order valence-electron chi connectivity index (χ1n) is 3.86. The molecule has 0 aromatic rings. The van der Waals surface area contributed by atoms with Crippen molar-refractivity contribution in [1.29, 1.82) is 0 Å². The molecule has 5 heteroatoms. The van der Waals surface area contributed by atoms with Gasteiger partial charge in [0.1, 0.15) is 0 Å². The minimum Gasteiger partial charge on any atom is -0.392 e. The van der Waals surface area contributed by atoms with E-state index in [0.29, 0.717) is 18.1 Å². The van der Waals surface area contributed by atoms with Gasteiger partial charge in [-0.2, -0.15) is 0 Å². The summed E-state index contributed by atoms with van der Waals surface area (Å²) in [7, 11) is 1.59. The molecule has 0 saturated heterocycles. The SMILES string of the molecule is CCCN(CC(N)=S)C(=O)NC. The number of carbonyl (C=O) groups is 1. The van der Waals surface area contributed by atoms with Crippen LogP contribution in [0.25, 0.3) is 0 Å². The number of hydrogen-bond donors (Lipinski definition) is 2. The average Bonchev–Trinajstić information content (AvgIpc) is 2.01. The number of nitrogens with two attached hydrogens (primary N) is 1. The van der Waals surface area contributed by atoms with E-state index in [-0.39, 0.29) is 6.03 Å². The van der Waals surface area contributed by atoms with E-state index in [9.17, 15) is 4.79 Å². The van der Waals surface area contributed by atoms with Crippen molar-refractivity contribution in [2.75, 3.05) is 20.1 Å². The summed E-state index contributed by atoms with van der Waals surface area (Å²) in [6, 6.07) is -0.135. The van der Waals surface area contributed by atoms with Crippen molar-refractivity contribution in [2.45, 2.75) is 13.3 Å². The van der Waals surface area contributed by atoms with Crippen LogP contribution in [0.1, 0.15) is 13.3 Å². The molecule has 0 bridgehead atoms. The summed E-state index contributed by atoms with van der Waals surface area (Å²) in [5, 5.41) is 2.53. The molecule has 0 aromatic carbocycles. The highest BCUT2D eigenvalue weighted by atomic mass is 32.1. The van der Waals surface area contributed by atoms with Crippen molar-refractivity contribution in [2.24, 2.45) is 5.73 Å². The zero-order valence-electron chi connectivity index (χ0n) is 7.46. The van der Waals surface area contributed by atoms with Crippen LogP contribution in [0.2, 0.25) is 0 Å². The molecule has 0 radical (unpaired) electrons. The van der Waals surface area contributed by atoms with Gasteiger partial charge in [-0.1, -0.05) is 19.1 Å². The van der Waals surface area contributed by atoms with Crippen LogP contribution in [-0.2, 0) is 0 Å². The van der Waals surface area contributed by atoms with E-state index in [1.807, 2.05) is 6.92 Å². The third kappa shape index (κ3) is 4.12. The maximum atomic E-state index is 11.1. The molecule has 0 spiro atoms. The molecule has 2 amide bonds. The fraction of sp³-hybridized carbons (Fsp3) is 0.714. The number of hydrogen-bond acceptors (Lipinski definition) is 2. The number of rotatable bonds is 4. The van der Waals surface area contributed by atoms with Crippen molar-refractivity contribution < 1.29 is 4.79 Å². The third-order valence-electron chi connectivity index (χ3n) is 1.34. The van der Waals surface area contributed by atoms with Gasteiger partial charge in [0.25, 0.3) is 0 Å². The highest BCUT2D eigenvalue weighted by Gasteiger charge is 2.10. The second-order valence-corrected chi connectivity index (χ2v) is 2.97. The van der Waals surface area contributed by atoms with Crippen LogP contribution in [0.5, 0.6) is 0 Å². The van der Waals surface area contributed by atoms with E-state index in [0.717, 1.165) is 6.42 Å². The molecule has 0 aliphatic rings. The molecule has 0 aromatic heterocycles.